The smallest absolute Gasteiger partial charge is 0.223 e. The van der Waals surface area contributed by atoms with Crippen LogP contribution in [0.15, 0.2) is 52.6 Å². The second kappa shape index (κ2) is 8.62. The first-order valence-electron chi connectivity index (χ1n) is 8.36. The van der Waals surface area contributed by atoms with Crippen LogP contribution in [0.3, 0.4) is 0 Å². The van der Waals surface area contributed by atoms with Gasteiger partial charge in [-0.2, -0.15) is 0 Å². The number of Topliss-reactive ketones (excluding diaryl/α,β-unsaturated/α-hetero) is 1. The molecule has 0 bridgehead atoms. The third kappa shape index (κ3) is 3.90. The molecule has 1 aliphatic carbocycles. The van der Waals surface area contributed by atoms with E-state index < -0.39 is 0 Å². The molecule has 0 spiro atoms. The average Bonchev–Trinajstić information content (AvgIpc) is 2.62. The summed E-state index contributed by atoms with van der Waals surface area (Å²) in [6, 6.07) is 9.85. The maximum absolute atomic E-state index is 12.1. The van der Waals surface area contributed by atoms with Gasteiger partial charge in [-0.1, -0.05) is 11.6 Å². The molecule has 1 aromatic heterocycles. The summed E-state index contributed by atoms with van der Waals surface area (Å²) in [5, 5.41) is 0.141. The fourth-order valence-corrected chi connectivity index (χ4v) is 3.14. The minimum absolute atomic E-state index is 0. The first-order valence-corrected chi connectivity index (χ1v) is 8.74. The number of anilines is 1. The summed E-state index contributed by atoms with van der Waals surface area (Å²) >= 11 is 6.08. The number of aliphatic imine (C=N–C) groups is 1. The number of nitrogens with zero attached hydrogens (tertiary/aromatic N) is 3. The number of hydrogen-bond acceptors (Lipinski definition) is 4. The molecular formula is C20H20ClCoN3O. The van der Waals surface area contributed by atoms with E-state index in [1.807, 2.05) is 19.1 Å². The maximum atomic E-state index is 12.1. The van der Waals surface area contributed by atoms with Gasteiger partial charge in [0.15, 0.2) is 0 Å². The molecule has 1 radical (unpaired) electrons. The normalized spacial score (nSPS) is 14.5. The Hall–Kier alpha value is -1.95. The molecule has 3 rings (SSSR count). The van der Waals surface area contributed by atoms with Crippen molar-refractivity contribution in [2.75, 3.05) is 18.0 Å². The summed E-state index contributed by atoms with van der Waals surface area (Å²) in [5.41, 5.74) is 4.84. The molecule has 26 heavy (non-hydrogen) atoms. The van der Waals surface area contributed by atoms with Crippen LogP contribution in [0.1, 0.15) is 35.5 Å². The largest absolute Gasteiger partial charge is 0.372 e. The Labute approximate surface area is 169 Å². The number of fused-ring (bicyclic) bond motifs is 1. The maximum Gasteiger partial charge on any atom is 0.223 e. The Kier molecular flexibility index (Phi) is 6.75. The molecule has 1 aromatic carbocycles. The summed E-state index contributed by atoms with van der Waals surface area (Å²) in [4.78, 5) is 23.3. The predicted molar refractivity (Wildman–Crippen MR) is 103 cm³/mol. The van der Waals surface area contributed by atoms with Gasteiger partial charge in [0.1, 0.15) is 5.69 Å². The van der Waals surface area contributed by atoms with Crippen molar-refractivity contribution in [3.8, 4) is 0 Å². The molecule has 0 amide bonds. The van der Waals surface area contributed by atoms with E-state index in [0.717, 1.165) is 24.3 Å². The minimum atomic E-state index is -0.259. The third-order valence-electron chi connectivity index (χ3n) is 4.33. The van der Waals surface area contributed by atoms with Gasteiger partial charge in [0, 0.05) is 47.3 Å². The van der Waals surface area contributed by atoms with Crippen LogP contribution in [-0.4, -0.2) is 29.6 Å². The van der Waals surface area contributed by atoms with Crippen LogP contribution in [0.4, 0.5) is 11.4 Å². The fraction of sp³-hybridized carbons (Fsp3) is 0.250. The number of benzene rings is 1. The van der Waals surface area contributed by atoms with E-state index in [9.17, 15) is 4.79 Å². The summed E-state index contributed by atoms with van der Waals surface area (Å²) < 4.78 is 0. The Balaban J connectivity index is 0.00000243. The second-order valence-corrected chi connectivity index (χ2v) is 6.27. The number of hydrogen-bond donors (Lipinski definition) is 0. The SMILES string of the molecule is CCN(CC)c1ccc(N=C2C=C(Cl)C(=O)c3ncccc32)c(C)c1.[Co]. The van der Waals surface area contributed by atoms with Crippen molar-refractivity contribution in [1.29, 1.82) is 0 Å². The van der Waals surface area contributed by atoms with Gasteiger partial charge >= 0.3 is 0 Å². The Morgan fingerprint density at radius 2 is 1.92 bits per heavy atom. The van der Waals surface area contributed by atoms with Crippen LogP contribution in [-0.2, 0) is 16.8 Å². The molecule has 4 nitrogen and oxygen atoms in total. The van der Waals surface area contributed by atoms with Crippen LogP contribution < -0.4 is 4.90 Å². The van der Waals surface area contributed by atoms with Gasteiger partial charge in [0.2, 0.25) is 5.78 Å². The number of pyridine rings is 1. The van der Waals surface area contributed by atoms with E-state index in [1.54, 1.807) is 18.3 Å². The average molecular weight is 413 g/mol. The third-order valence-corrected chi connectivity index (χ3v) is 4.61. The fourth-order valence-electron chi connectivity index (χ4n) is 2.94. The zero-order valence-corrected chi connectivity index (χ0v) is 16.7. The monoisotopic (exact) mass is 412 g/mol. The molecule has 2 aromatic rings. The molecular weight excluding hydrogens is 393 g/mol. The van der Waals surface area contributed by atoms with Crippen molar-refractivity contribution >= 4 is 34.5 Å². The first kappa shape index (κ1) is 20.4. The zero-order valence-electron chi connectivity index (χ0n) is 14.9. The van der Waals surface area contributed by atoms with Gasteiger partial charge < -0.3 is 4.90 Å². The van der Waals surface area contributed by atoms with E-state index in [1.165, 1.54) is 5.69 Å². The molecule has 0 atom stereocenters. The van der Waals surface area contributed by atoms with Crippen molar-refractivity contribution in [1.82, 2.24) is 4.98 Å². The number of ketones is 1. The van der Waals surface area contributed by atoms with Crippen LogP contribution in [0, 0.1) is 6.92 Å². The number of allylic oxidation sites excluding steroid dienone is 2. The Morgan fingerprint density at radius 3 is 2.58 bits per heavy atom. The first-order chi connectivity index (χ1) is 12.0. The predicted octanol–water partition coefficient (Wildman–Crippen LogP) is 4.67. The molecule has 0 saturated carbocycles. The summed E-state index contributed by atoms with van der Waals surface area (Å²) in [7, 11) is 0. The second-order valence-electron chi connectivity index (χ2n) is 5.86. The van der Waals surface area contributed by atoms with E-state index in [0.29, 0.717) is 17.0 Å². The van der Waals surface area contributed by atoms with E-state index >= 15 is 0 Å². The van der Waals surface area contributed by atoms with Gasteiger partial charge in [-0.15, -0.1) is 0 Å². The van der Waals surface area contributed by atoms with Gasteiger partial charge in [-0.25, -0.2) is 4.99 Å². The molecule has 6 heteroatoms. The summed E-state index contributed by atoms with van der Waals surface area (Å²) in [6.45, 7) is 8.24. The van der Waals surface area contributed by atoms with Gasteiger partial charge in [0.05, 0.1) is 16.4 Å². The molecule has 0 fully saturated rings. The van der Waals surface area contributed by atoms with E-state index in [-0.39, 0.29) is 27.6 Å². The minimum Gasteiger partial charge on any atom is -0.372 e. The number of carbonyl (C=O) groups is 1. The van der Waals surface area contributed by atoms with E-state index in [2.05, 4.69) is 35.9 Å². The number of halogens is 1. The molecule has 1 heterocycles. The molecule has 0 unspecified atom stereocenters. The van der Waals surface area contributed by atoms with Gasteiger partial charge in [-0.3, -0.25) is 9.78 Å². The molecule has 0 aliphatic heterocycles. The van der Waals surface area contributed by atoms with Crippen molar-refractivity contribution < 1.29 is 21.6 Å². The Morgan fingerprint density at radius 1 is 1.19 bits per heavy atom. The zero-order chi connectivity index (χ0) is 18.0. The number of aromatic nitrogens is 1. The number of carbonyl (C=O) groups excluding carboxylic acids is 1. The van der Waals surface area contributed by atoms with Crippen molar-refractivity contribution in [2.45, 2.75) is 20.8 Å². The standard InChI is InChI=1S/C20H20ClN3O.Co/c1-4-24(5-2)14-8-9-17(13(3)11-14)23-18-12-16(21)20(25)19-15(18)7-6-10-22-19;/h6-12H,4-5H2,1-3H3;. The Bertz CT molecular complexity index is 888. The summed E-state index contributed by atoms with van der Waals surface area (Å²) in [5.74, 6) is -0.259. The van der Waals surface area contributed by atoms with Crippen LogP contribution in [0.2, 0.25) is 0 Å². The van der Waals surface area contributed by atoms with Crippen LogP contribution in [0.25, 0.3) is 0 Å². The molecule has 0 saturated heterocycles. The van der Waals surface area contributed by atoms with Crippen LogP contribution >= 0.6 is 11.6 Å². The van der Waals surface area contributed by atoms with Gasteiger partial charge in [0.25, 0.3) is 0 Å². The number of aryl methyl sites for hydroxylation is 1. The molecule has 1 aliphatic rings. The molecule has 0 N–H and O–H groups in total. The van der Waals surface area contributed by atoms with Crippen molar-refractivity contribution in [3.63, 3.8) is 0 Å². The van der Waals surface area contributed by atoms with Gasteiger partial charge in [-0.05, 0) is 62.7 Å². The van der Waals surface area contributed by atoms with Crippen molar-refractivity contribution in [3.05, 3.63) is 64.5 Å². The molecule has 137 valence electrons. The number of rotatable bonds is 4. The van der Waals surface area contributed by atoms with E-state index in [4.69, 9.17) is 16.6 Å². The topological polar surface area (TPSA) is 45.6 Å². The summed E-state index contributed by atoms with van der Waals surface area (Å²) in [6.07, 6.45) is 3.21. The van der Waals surface area contributed by atoms with Crippen molar-refractivity contribution in [2.24, 2.45) is 4.99 Å². The quantitative estimate of drug-likeness (QED) is 0.733. The van der Waals surface area contributed by atoms with Crippen LogP contribution in [0.5, 0.6) is 0 Å².